The van der Waals surface area contributed by atoms with Crippen LogP contribution in [0.3, 0.4) is 0 Å². The SMILES string of the molecule is CCC(O)(CC)[PH](=O)OC(C)(CC)C(CC)(CC)[PH](=O)O. The first kappa shape index (κ1) is 21.3. The summed E-state index contributed by atoms with van der Waals surface area (Å²) in [6.45, 7) is 10.8. The van der Waals surface area contributed by atoms with Gasteiger partial charge in [0.15, 0.2) is 8.03 Å². The van der Waals surface area contributed by atoms with Crippen molar-refractivity contribution in [1.82, 2.24) is 0 Å². The van der Waals surface area contributed by atoms with E-state index in [1.54, 1.807) is 20.8 Å². The number of aliphatic hydroxyl groups is 1. The molecule has 0 aliphatic carbocycles. The number of hydrogen-bond acceptors (Lipinski definition) is 4. The molecule has 3 atom stereocenters. The monoisotopic (exact) mass is 342 g/mol. The van der Waals surface area contributed by atoms with Crippen LogP contribution in [0.4, 0.5) is 0 Å². The largest absolute Gasteiger partial charge is 0.380 e. The maximum Gasteiger partial charge on any atom is 0.222 e. The maximum absolute atomic E-state index is 12.5. The van der Waals surface area contributed by atoms with Crippen LogP contribution >= 0.6 is 16.1 Å². The van der Waals surface area contributed by atoms with Gasteiger partial charge in [-0.25, -0.2) is 0 Å². The molecule has 0 fully saturated rings. The molecule has 0 saturated heterocycles. The molecule has 0 aliphatic rings. The van der Waals surface area contributed by atoms with E-state index in [0.717, 1.165) is 0 Å². The van der Waals surface area contributed by atoms with Crippen molar-refractivity contribution in [2.45, 2.75) is 89.7 Å². The zero-order valence-electron chi connectivity index (χ0n) is 14.2. The van der Waals surface area contributed by atoms with E-state index >= 15 is 0 Å². The van der Waals surface area contributed by atoms with Gasteiger partial charge in [0, 0.05) is 0 Å². The Morgan fingerprint density at radius 3 is 1.57 bits per heavy atom. The fourth-order valence-corrected chi connectivity index (χ4v) is 5.78. The van der Waals surface area contributed by atoms with Crippen molar-refractivity contribution in [3.8, 4) is 0 Å². The molecule has 3 unspecified atom stereocenters. The van der Waals surface area contributed by atoms with Gasteiger partial charge in [0.05, 0.1) is 10.8 Å². The quantitative estimate of drug-likeness (QED) is 0.582. The van der Waals surface area contributed by atoms with E-state index in [1.807, 2.05) is 20.8 Å². The lowest BCUT2D eigenvalue weighted by Crippen LogP contribution is -2.50. The highest BCUT2D eigenvalue weighted by Gasteiger charge is 2.52. The molecule has 5 nitrogen and oxygen atoms in total. The molecule has 0 rings (SSSR count). The Morgan fingerprint density at radius 2 is 1.33 bits per heavy atom. The lowest BCUT2D eigenvalue weighted by molar-refractivity contribution is 0.0146. The minimum Gasteiger partial charge on any atom is -0.380 e. The van der Waals surface area contributed by atoms with Gasteiger partial charge in [0.25, 0.3) is 0 Å². The first-order chi connectivity index (χ1) is 9.62. The van der Waals surface area contributed by atoms with Gasteiger partial charge in [-0.1, -0.05) is 34.6 Å². The molecule has 0 amide bonds. The van der Waals surface area contributed by atoms with Crippen molar-refractivity contribution >= 4 is 16.1 Å². The summed E-state index contributed by atoms with van der Waals surface area (Å²) in [5, 5.41) is 8.11. The molecule has 0 saturated carbocycles. The van der Waals surface area contributed by atoms with Crippen LogP contribution in [-0.2, 0) is 13.7 Å². The molecule has 0 aromatic carbocycles. The van der Waals surface area contributed by atoms with Crippen molar-refractivity contribution in [3.63, 3.8) is 0 Å². The first-order valence-corrected chi connectivity index (χ1v) is 10.5. The second-order valence-corrected chi connectivity index (χ2v) is 9.08. The van der Waals surface area contributed by atoms with Crippen LogP contribution in [-0.4, -0.2) is 26.1 Å². The fraction of sp³-hybridized carbons (Fsp3) is 1.00. The van der Waals surface area contributed by atoms with E-state index in [4.69, 9.17) is 4.52 Å². The molecule has 2 N–H and O–H groups in total. The number of hydrogen-bond donors (Lipinski definition) is 2. The molecule has 128 valence electrons. The summed E-state index contributed by atoms with van der Waals surface area (Å²) in [7, 11) is -5.65. The van der Waals surface area contributed by atoms with Crippen LogP contribution < -0.4 is 0 Å². The van der Waals surface area contributed by atoms with Crippen molar-refractivity contribution in [2.75, 3.05) is 0 Å². The molecule has 0 heterocycles. The second kappa shape index (κ2) is 8.26. The van der Waals surface area contributed by atoms with Gasteiger partial charge in [0.1, 0.15) is 5.34 Å². The lowest BCUT2D eigenvalue weighted by atomic mass is 9.82. The van der Waals surface area contributed by atoms with Crippen LogP contribution in [0.1, 0.15) is 73.6 Å². The molecule has 0 aromatic rings. The standard InChI is InChI=1S/C14H32O5P2/c1-7-12(6,13(8-2,9-3)20(16)17)19-21(18)14(15,10-4)11-5/h15,20-21H,7-11H2,1-6H3,(H,16,17). The third-order valence-electron chi connectivity index (χ3n) is 5.17. The molecular formula is C14H32O5P2. The van der Waals surface area contributed by atoms with Crippen molar-refractivity contribution in [1.29, 1.82) is 0 Å². The third kappa shape index (κ3) is 4.00. The average molecular weight is 342 g/mol. The van der Waals surface area contributed by atoms with Crippen LogP contribution in [0, 0.1) is 0 Å². The average Bonchev–Trinajstić information content (AvgIpc) is 2.47. The molecule has 7 heteroatoms. The van der Waals surface area contributed by atoms with E-state index in [9.17, 15) is 19.1 Å². The first-order valence-electron chi connectivity index (χ1n) is 7.82. The van der Waals surface area contributed by atoms with E-state index in [2.05, 4.69) is 0 Å². The van der Waals surface area contributed by atoms with Crippen LogP contribution in [0.2, 0.25) is 0 Å². The highest BCUT2D eigenvalue weighted by molar-refractivity contribution is 7.41. The Labute approximate surface area is 130 Å². The van der Waals surface area contributed by atoms with E-state index in [-0.39, 0.29) is 0 Å². The maximum atomic E-state index is 12.5. The highest BCUT2D eigenvalue weighted by Crippen LogP contribution is 2.57. The molecule has 0 radical (unpaired) electrons. The number of rotatable bonds is 10. The summed E-state index contributed by atoms with van der Waals surface area (Å²) in [5.41, 5.74) is -0.990. The zero-order valence-corrected chi connectivity index (χ0v) is 16.2. The molecular weight excluding hydrogens is 310 g/mol. The summed E-state index contributed by atoms with van der Waals surface area (Å²) < 4.78 is 30.4. The van der Waals surface area contributed by atoms with Gasteiger partial charge in [-0.2, -0.15) is 0 Å². The van der Waals surface area contributed by atoms with Gasteiger partial charge in [-0.05, 0) is 39.0 Å². The Morgan fingerprint density at radius 1 is 0.905 bits per heavy atom. The topological polar surface area (TPSA) is 83.8 Å². The highest BCUT2D eigenvalue weighted by atomic mass is 31.1. The second-order valence-electron chi connectivity index (χ2n) is 5.81. The van der Waals surface area contributed by atoms with Gasteiger partial charge in [-0.3, -0.25) is 9.13 Å². The van der Waals surface area contributed by atoms with Crippen LogP contribution in [0.25, 0.3) is 0 Å². The lowest BCUT2D eigenvalue weighted by Gasteiger charge is -2.46. The minimum absolute atomic E-state index is 0.334. The molecule has 0 spiro atoms. The zero-order chi connectivity index (χ0) is 16.9. The predicted molar refractivity (Wildman–Crippen MR) is 88.8 cm³/mol. The molecule has 21 heavy (non-hydrogen) atoms. The van der Waals surface area contributed by atoms with E-state index in [0.29, 0.717) is 32.1 Å². The van der Waals surface area contributed by atoms with Crippen molar-refractivity contribution in [2.24, 2.45) is 0 Å². The minimum atomic E-state index is -2.89. The fourth-order valence-electron chi connectivity index (χ4n) is 2.87. The van der Waals surface area contributed by atoms with E-state index < -0.39 is 32.2 Å². The Kier molecular flexibility index (Phi) is 8.40. The Bertz CT molecular complexity index is 378. The Hall–Kier alpha value is 0.340. The summed E-state index contributed by atoms with van der Waals surface area (Å²) in [6.07, 6.45) is 2.06. The van der Waals surface area contributed by atoms with Crippen LogP contribution in [0.5, 0.6) is 0 Å². The van der Waals surface area contributed by atoms with Gasteiger partial charge in [-0.15, -0.1) is 0 Å². The summed E-state index contributed by atoms with van der Waals surface area (Å²) >= 11 is 0. The molecule has 0 aromatic heterocycles. The van der Waals surface area contributed by atoms with Gasteiger partial charge < -0.3 is 14.5 Å². The summed E-state index contributed by atoms with van der Waals surface area (Å²) in [5.74, 6) is 0. The summed E-state index contributed by atoms with van der Waals surface area (Å²) in [6, 6.07) is 0. The molecule has 0 bridgehead atoms. The van der Waals surface area contributed by atoms with Crippen LogP contribution in [0.15, 0.2) is 0 Å². The normalized spacial score (nSPS) is 19.0. The predicted octanol–water partition coefficient (Wildman–Crippen LogP) is 4.18. The third-order valence-corrected chi connectivity index (χ3v) is 9.33. The van der Waals surface area contributed by atoms with E-state index in [1.165, 1.54) is 0 Å². The Balaban J connectivity index is 5.66. The van der Waals surface area contributed by atoms with Crippen molar-refractivity contribution in [3.05, 3.63) is 0 Å². The molecule has 0 aliphatic heterocycles. The van der Waals surface area contributed by atoms with Crippen molar-refractivity contribution < 1.29 is 23.7 Å². The van der Waals surface area contributed by atoms with Gasteiger partial charge >= 0.3 is 0 Å². The smallest absolute Gasteiger partial charge is 0.222 e. The van der Waals surface area contributed by atoms with Gasteiger partial charge in [0.2, 0.25) is 8.03 Å². The summed E-state index contributed by atoms with van der Waals surface area (Å²) in [4.78, 5) is 9.87.